The molecule has 4 aromatic rings. The molecule has 0 aliphatic carbocycles. The molecule has 29 heavy (non-hydrogen) atoms. The summed E-state index contributed by atoms with van der Waals surface area (Å²) in [5.74, 6) is 0.698. The molecular formula is C24H17N3O2. The largest absolute Gasteiger partial charge is 0.496 e. The fraction of sp³-hybridized carbons (Fsp3) is 0.0417. The molecule has 0 bridgehead atoms. The Bertz CT molecular complexity index is 1270. The molecule has 0 atom stereocenters. The lowest BCUT2D eigenvalue weighted by Gasteiger charge is -2.14. The minimum atomic E-state index is -0.223. The summed E-state index contributed by atoms with van der Waals surface area (Å²) in [6.45, 7) is 0. The Morgan fingerprint density at radius 2 is 1.72 bits per heavy atom. The Labute approximate surface area is 168 Å². The minimum Gasteiger partial charge on any atom is -0.496 e. The molecule has 0 saturated heterocycles. The van der Waals surface area contributed by atoms with E-state index in [0.717, 1.165) is 11.1 Å². The maximum atomic E-state index is 13.4. The molecule has 4 rings (SSSR count). The first-order valence-corrected chi connectivity index (χ1v) is 9.03. The molecule has 0 amide bonds. The molecule has 0 radical (unpaired) electrons. The van der Waals surface area contributed by atoms with Gasteiger partial charge in [-0.05, 0) is 30.3 Å². The average Bonchev–Trinajstić information content (AvgIpc) is 2.80. The minimum absolute atomic E-state index is 0.223. The lowest BCUT2D eigenvalue weighted by molar-refractivity contribution is 0.416. The van der Waals surface area contributed by atoms with Crippen molar-refractivity contribution in [3.05, 3.63) is 101 Å². The fourth-order valence-electron chi connectivity index (χ4n) is 3.31. The number of nitriles is 1. The molecule has 2 aromatic carbocycles. The van der Waals surface area contributed by atoms with Gasteiger partial charge in [0, 0.05) is 34.6 Å². The Morgan fingerprint density at radius 3 is 2.45 bits per heavy atom. The summed E-state index contributed by atoms with van der Waals surface area (Å²) in [6, 6.07) is 22.3. The Balaban J connectivity index is 2.06. The fourth-order valence-corrected chi connectivity index (χ4v) is 3.31. The van der Waals surface area contributed by atoms with Crippen molar-refractivity contribution in [1.29, 1.82) is 5.26 Å². The number of nitrogens with zero attached hydrogens (tertiary/aromatic N) is 3. The van der Waals surface area contributed by atoms with Gasteiger partial charge in [-0.25, -0.2) is 0 Å². The van der Waals surface area contributed by atoms with Crippen molar-refractivity contribution >= 4 is 0 Å². The maximum absolute atomic E-state index is 13.4. The molecule has 5 heteroatoms. The van der Waals surface area contributed by atoms with Crippen molar-refractivity contribution < 1.29 is 4.74 Å². The first kappa shape index (κ1) is 18.2. The van der Waals surface area contributed by atoms with Gasteiger partial charge < -0.3 is 4.74 Å². The summed E-state index contributed by atoms with van der Waals surface area (Å²) in [6.07, 6.45) is 5.06. The zero-order valence-electron chi connectivity index (χ0n) is 15.7. The van der Waals surface area contributed by atoms with Crippen LogP contribution in [0, 0.1) is 11.3 Å². The Morgan fingerprint density at radius 1 is 0.966 bits per heavy atom. The lowest BCUT2D eigenvalue weighted by atomic mass is 9.97. The van der Waals surface area contributed by atoms with Crippen LogP contribution in [-0.4, -0.2) is 16.7 Å². The molecule has 0 fully saturated rings. The van der Waals surface area contributed by atoms with Crippen molar-refractivity contribution in [3.63, 3.8) is 0 Å². The van der Waals surface area contributed by atoms with Gasteiger partial charge in [0.25, 0.3) is 5.56 Å². The molecule has 140 valence electrons. The van der Waals surface area contributed by atoms with E-state index < -0.39 is 0 Å². The van der Waals surface area contributed by atoms with E-state index in [0.29, 0.717) is 28.1 Å². The Kier molecular flexibility index (Phi) is 4.91. The van der Waals surface area contributed by atoms with Gasteiger partial charge in [0.15, 0.2) is 0 Å². The number of hydrogen-bond acceptors (Lipinski definition) is 4. The summed E-state index contributed by atoms with van der Waals surface area (Å²) in [5.41, 5.74) is 3.55. The van der Waals surface area contributed by atoms with Crippen LogP contribution in [0.5, 0.6) is 5.75 Å². The number of benzene rings is 2. The van der Waals surface area contributed by atoms with Gasteiger partial charge in [-0.1, -0.05) is 36.4 Å². The number of pyridine rings is 2. The van der Waals surface area contributed by atoms with E-state index in [1.807, 2.05) is 42.5 Å². The highest BCUT2D eigenvalue weighted by Gasteiger charge is 2.16. The highest BCUT2D eigenvalue weighted by atomic mass is 16.5. The zero-order chi connectivity index (χ0) is 20.2. The van der Waals surface area contributed by atoms with Gasteiger partial charge in [-0.2, -0.15) is 5.26 Å². The van der Waals surface area contributed by atoms with Crippen LogP contribution in [0.25, 0.3) is 27.9 Å². The van der Waals surface area contributed by atoms with Gasteiger partial charge in [0.05, 0.1) is 30.6 Å². The van der Waals surface area contributed by atoms with E-state index in [4.69, 9.17) is 4.74 Å². The third-order valence-corrected chi connectivity index (χ3v) is 4.70. The highest BCUT2D eigenvalue weighted by molar-refractivity contribution is 5.78. The SMILES string of the molecule is COc1ccccc1-c1cc(-c2ccccc2C#N)c(=O)n(-c2cccnc2)c1. The second-order valence-electron chi connectivity index (χ2n) is 6.39. The smallest absolute Gasteiger partial charge is 0.263 e. The molecule has 2 heterocycles. The lowest BCUT2D eigenvalue weighted by Crippen LogP contribution is -2.20. The van der Waals surface area contributed by atoms with Gasteiger partial charge in [-0.15, -0.1) is 0 Å². The van der Waals surface area contributed by atoms with Gasteiger partial charge in [-0.3, -0.25) is 14.3 Å². The average molecular weight is 379 g/mol. The quantitative estimate of drug-likeness (QED) is 0.525. The molecule has 0 aliphatic rings. The van der Waals surface area contributed by atoms with Crippen molar-refractivity contribution in [2.45, 2.75) is 0 Å². The standard InChI is InChI=1S/C24H17N3O2/c1-29-23-11-5-4-10-21(23)18-13-22(20-9-3-2-7-17(20)14-25)24(28)27(16-18)19-8-6-12-26-15-19/h2-13,15-16H,1H3. The van der Waals surface area contributed by atoms with Gasteiger partial charge >= 0.3 is 0 Å². The molecule has 5 nitrogen and oxygen atoms in total. The predicted molar refractivity (Wildman–Crippen MR) is 112 cm³/mol. The molecule has 2 aromatic heterocycles. The van der Waals surface area contributed by atoms with E-state index >= 15 is 0 Å². The summed E-state index contributed by atoms with van der Waals surface area (Å²) in [5, 5.41) is 9.54. The van der Waals surface area contributed by atoms with Crippen molar-refractivity contribution in [3.8, 4) is 39.8 Å². The van der Waals surface area contributed by atoms with E-state index in [1.54, 1.807) is 54.5 Å². The summed E-state index contributed by atoms with van der Waals surface area (Å²) in [7, 11) is 1.61. The molecule has 0 unspecified atom stereocenters. The van der Waals surface area contributed by atoms with Gasteiger partial charge in [0.1, 0.15) is 5.75 Å². The first-order valence-electron chi connectivity index (χ1n) is 9.03. The van der Waals surface area contributed by atoms with Crippen LogP contribution in [0.2, 0.25) is 0 Å². The molecule has 0 N–H and O–H groups in total. The second-order valence-corrected chi connectivity index (χ2v) is 6.39. The van der Waals surface area contributed by atoms with E-state index in [9.17, 15) is 10.1 Å². The third-order valence-electron chi connectivity index (χ3n) is 4.70. The van der Waals surface area contributed by atoms with Crippen LogP contribution in [0.1, 0.15) is 5.56 Å². The predicted octanol–water partition coefficient (Wildman–Crippen LogP) is 4.45. The van der Waals surface area contributed by atoms with Crippen molar-refractivity contribution in [2.24, 2.45) is 0 Å². The second kappa shape index (κ2) is 7.83. The number of aromatic nitrogens is 2. The third kappa shape index (κ3) is 3.40. The molecule has 0 spiro atoms. The summed E-state index contributed by atoms with van der Waals surface area (Å²) < 4.78 is 7.07. The first-order chi connectivity index (χ1) is 14.2. The van der Waals surface area contributed by atoms with Crippen LogP contribution in [0.3, 0.4) is 0 Å². The zero-order valence-corrected chi connectivity index (χ0v) is 15.7. The summed E-state index contributed by atoms with van der Waals surface area (Å²) in [4.78, 5) is 17.5. The van der Waals surface area contributed by atoms with Gasteiger partial charge in [0.2, 0.25) is 0 Å². The topological polar surface area (TPSA) is 67.9 Å². The van der Waals surface area contributed by atoms with Crippen molar-refractivity contribution in [2.75, 3.05) is 7.11 Å². The molecular weight excluding hydrogens is 362 g/mol. The highest BCUT2D eigenvalue weighted by Crippen LogP contribution is 2.32. The molecule has 0 saturated carbocycles. The van der Waals surface area contributed by atoms with E-state index in [-0.39, 0.29) is 5.56 Å². The van der Waals surface area contributed by atoms with Crippen LogP contribution in [0.15, 0.2) is 90.1 Å². The molecule has 0 aliphatic heterocycles. The number of para-hydroxylation sites is 1. The monoisotopic (exact) mass is 379 g/mol. The van der Waals surface area contributed by atoms with Crippen molar-refractivity contribution in [1.82, 2.24) is 9.55 Å². The Hall–Kier alpha value is -4.17. The van der Waals surface area contributed by atoms with Crippen LogP contribution in [-0.2, 0) is 0 Å². The van der Waals surface area contributed by atoms with E-state index in [2.05, 4.69) is 11.1 Å². The normalized spacial score (nSPS) is 10.3. The van der Waals surface area contributed by atoms with E-state index in [1.165, 1.54) is 0 Å². The number of hydrogen-bond donors (Lipinski definition) is 0. The summed E-state index contributed by atoms with van der Waals surface area (Å²) >= 11 is 0. The van der Waals surface area contributed by atoms with Crippen LogP contribution < -0.4 is 10.3 Å². The number of ether oxygens (including phenoxy) is 1. The van der Waals surface area contributed by atoms with Crippen LogP contribution in [0.4, 0.5) is 0 Å². The van der Waals surface area contributed by atoms with Crippen LogP contribution >= 0.6 is 0 Å². The number of rotatable bonds is 4. The number of methoxy groups -OCH3 is 1. The maximum Gasteiger partial charge on any atom is 0.263 e.